The zero-order valence-electron chi connectivity index (χ0n) is 13.9. The highest BCUT2D eigenvalue weighted by molar-refractivity contribution is 7.91. The van der Waals surface area contributed by atoms with Gasteiger partial charge in [-0.05, 0) is 30.7 Å². The Morgan fingerprint density at radius 1 is 1.23 bits per heavy atom. The van der Waals surface area contributed by atoms with Crippen molar-refractivity contribution in [1.82, 2.24) is 9.88 Å². The van der Waals surface area contributed by atoms with Crippen molar-refractivity contribution < 1.29 is 22.0 Å². The summed E-state index contributed by atoms with van der Waals surface area (Å²) in [5.41, 5.74) is 0.636. The average Bonchev–Trinajstić information content (AvgIpc) is 2.97. The van der Waals surface area contributed by atoms with Crippen molar-refractivity contribution in [3.8, 4) is 0 Å². The molecule has 26 heavy (non-hydrogen) atoms. The molecule has 2 heterocycles. The van der Waals surface area contributed by atoms with Crippen LogP contribution in [0.25, 0.3) is 0 Å². The Bertz CT molecular complexity index is 933. The van der Waals surface area contributed by atoms with E-state index >= 15 is 0 Å². The van der Waals surface area contributed by atoms with Gasteiger partial charge in [-0.2, -0.15) is 0 Å². The van der Waals surface area contributed by atoms with Gasteiger partial charge in [0.05, 0.1) is 17.1 Å². The topological polar surface area (TPSA) is 79.4 Å². The highest BCUT2D eigenvalue weighted by atomic mass is 32.2. The maximum atomic E-state index is 13.2. The van der Waals surface area contributed by atoms with Crippen LogP contribution in [0.2, 0.25) is 0 Å². The normalized spacial score (nSPS) is 18.5. The summed E-state index contributed by atoms with van der Waals surface area (Å²) in [6, 6.07) is 6.11. The first-order valence-electron chi connectivity index (χ1n) is 7.91. The van der Waals surface area contributed by atoms with Crippen LogP contribution in [0.5, 0.6) is 0 Å². The van der Waals surface area contributed by atoms with Gasteiger partial charge in [0, 0.05) is 31.0 Å². The fraction of sp³-hybridized carbons (Fsp3) is 0.294. The van der Waals surface area contributed by atoms with E-state index < -0.39 is 21.5 Å². The number of halogens is 2. The van der Waals surface area contributed by atoms with E-state index in [2.05, 4.69) is 10.3 Å². The molecule has 1 unspecified atom stereocenters. The molecule has 138 valence electrons. The molecule has 9 heteroatoms. The Balaban J connectivity index is 1.68. The van der Waals surface area contributed by atoms with Gasteiger partial charge < -0.3 is 10.2 Å². The third-order valence-corrected chi connectivity index (χ3v) is 6.03. The Morgan fingerprint density at radius 3 is 2.58 bits per heavy atom. The lowest BCUT2D eigenvalue weighted by Crippen LogP contribution is -2.37. The summed E-state index contributed by atoms with van der Waals surface area (Å²) < 4.78 is 49.3. The second kappa shape index (κ2) is 6.99. The van der Waals surface area contributed by atoms with Gasteiger partial charge in [0.2, 0.25) is 0 Å². The zero-order valence-corrected chi connectivity index (χ0v) is 14.8. The van der Waals surface area contributed by atoms with Gasteiger partial charge in [-0.3, -0.25) is 4.79 Å². The summed E-state index contributed by atoms with van der Waals surface area (Å²) in [5.74, 6) is -1.82. The standard InChI is InChI=1S/C17H17F2N3O3S/c1-22(13-6-7-26(24,25)10-13)17(23)11-2-5-16(20-9-11)21-12-3-4-14(18)15(19)8-12/h2-5,8-9,13H,6-7,10H2,1H3,(H,20,21). The molecule has 1 aromatic heterocycles. The lowest BCUT2D eigenvalue weighted by Gasteiger charge is -2.23. The predicted molar refractivity (Wildman–Crippen MR) is 93.0 cm³/mol. The van der Waals surface area contributed by atoms with Gasteiger partial charge in [-0.15, -0.1) is 0 Å². The van der Waals surface area contributed by atoms with Gasteiger partial charge in [0.15, 0.2) is 21.5 Å². The second-order valence-corrected chi connectivity index (χ2v) is 8.39. The number of benzene rings is 1. The van der Waals surface area contributed by atoms with Crippen molar-refractivity contribution in [2.45, 2.75) is 12.5 Å². The van der Waals surface area contributed by atoms with E-state index in [1.807, 2.05) is 0 Å². The van der Waals surface area contributed by atoms with Crippen molar-refractivity contribution in [2.24, 2.45) is 0 Å². The number of anilines is 2. The molecular weight excluding hydrogens is 364 g/mol. The lowest BCUT2D eigenvalue weighted by molar-refractivity contribution is 0.0747. The molecule has 0 spiro atoms. The van der Waals surface area contributed by atoms with Crippen molar-refractivity contribution in [2.75, 3.05) is 23.9 Å². The molecule has 0 aliphatic carbocycles. The third kappa shape index (κ3) is 3.98. The summed E-state index contributed by atoms with van der Waals surface area (Å²) in [7, 11) is -1.51. The SMILES string of the molecule is CN(C(=O)c1ccc(Nc2ccc(F)c(F)c2)nc1)C1CCS(=O)(=O)C1. The Kier molecular flexibility index (Phi) is 4.90. The first kappa shape index (κ1) is 18.2. The number of amides is 1. The van der Waals surface area contributed by atoms with Gasteiger partial charge in [0.1, 0.15) is 5.82 Å². The van der Waals surface area contributed by atoms with Gasteiger partial charge in [-0.25, -0.2) is 22.2 Å². The summed E-state index contributed by atoms with van der Waals surface area (Å²) in [4.78, 5) is 18.0. The molecule has 1 aliphatic heterocycles. The highest BCUT2D eigenvalue weighted by Crippen LogP contribution is 2.20. The minimum Gasteiger partial charge on any atom is -0.340 e. The van der Waals surface area contributed by atoms with E-state index in [4.69, 9.17) is 0 Å². The van der Waals surface area contributed by atoms with E-state index in [0.717, 1.165) is 12.1 Å². The molecule has 1 amide bonds. The number of carbonyl (C=O) groups is 1. The zero-order chi connectivity index (χ0) is 18.9. The largest absolute Gasteiger partial charge is 0.340 e. The monoisotopic (exact) mass is 381 g/mol. The Hall–Kier alpha value is -2.55. The number of aromatic nitrogens is 1. The maximum absolute atomic E-state index is 13.2. The summed E-state index contributed by atoms with van der Waals surface area (Å²) >= 11 is 0. The van der Waals surface area contributed by atoms with Crippen molar-refractivity contribution >= 4 is 27.2 Å². The molecule has 1 atom stereocenters. The average molecular weight is 381 g/mol. The molecule has 0 bridgehead atoms. The highest BCUT2D eigenvalue weighted by Gasteiger charge is 2.33. The van der Waals surface area contributed by atoms with Crippen LogP contribution in [-0.4, -0.2) is 48.8 Å². The van der Waals surface area contributed by atoms with Crippen LogP contribution in [0.3, 0.4) is 0 Å². The number of pyridine rings is 1. The van der Waals surface area contributed by atoms with Crippen molar-refractivity contribution in [3.63, 3.8) is 0 Å². The minimum atomic E-state index is -3.08. The number of rotatable bonds is 4. The van der Waals surface area contributed by atoms with E-state index in [0.29, 0.717) is 23.5 Å². The molecule has 1 saturated heterocycles. The Labute approximate surface area is 149 Å². The second-order valence-electron chi connectivity index (χ2n) is 6.16. The summed E-state index contributed by atoms with van der Waals surface area (Å²) in [6.45, 7) is 0. The van der Waals surface area contributed by atoms with Crippen molar-refractivity contribution in [3.05, 3.63) is 53.7 Å². The maximum Gasteiger partial charge on any atom is 0.255 e. The van der Waals surface area contributed by atoms with Crippen LogP contribution in [0.4, 0.5) is 20.3 Å². The van der Waals surface area contributed by atoms with Crippen LogP contribution < -0.4 is 5.32 Å². The number of sulfone groups is 1. The number of nitrogens with zero attached hydrogens (tertiary/aromatic N) is 2. The van der Waals surface area contributed by atoms with Crippen molar-refractivity contribution in [1.29, 1.82) is 0 Å². The van der Waals surface area contributed by atoms with Gasteiger partial charge in [-0.1, -0.05) is 0 Å². The quantitative estimate of drug-likeness (QED) is 0.880. The van der Waals surface area contributed by atoms with E-state index in [1.54, 1.807) is 7.05 Å². The van der Waals surface area contributed by atoms with Crippen LogP contribution in [0.15, 0.2) is 36.5 Å². The van der Waals surface area contributed by atoms with Crippen LogP contribution in [0, 0.1) is 11.6 Å². The molecule has 1 aromatic carbocycles. The third-order valence-electron chi connectivity index (χ3n) is 4.28. The Morgan fingerprint density at radius 2 is 2.00 bits per heavy atom. The lowest BCUT2D eigenvalue weighted by atomic mass is 10.2. The van der Waals surface area contributed by atoms with E-state index in [9.17, 15) is 22.0 Å². The molecule has 1 fully saturated rings. The van der Waals surface area contributed by atoms with E-state index in [1.165, 1.54) is 29.3 Å². The van der Waals surface area contributed by atoms with Gasteiger partial charge >= 0.3 is 0 Å². The first-order valence-corrected chi connectivity index (χ1v) is 9.73. The minimum absolute atomic E-state index is 0.0293. The fourth-order valence-electron chi connectivity index (χ4n) is 2.77. The molecule has 1 N–H and O–H groups in total. The molecule has 6 nitrogen and oxygen atoms in total. The number of hydrogen-bond donors (Lipinski definition) is 1. The van der Waals surface area contributed by atoms with Crippen LogP contribution in [0.1, 0.15) is 16.8 Å². The molecule has 0 saturated carbocycles. The van der Waals surface area contributed by atoms with Crippen LogP contribution in [-0.2, 0) is 9.84 Å². The van der Waals surface area contributed by atoms with Gasteiger partial charge in [0.25, 0.3) is 5.91 Å². The fourth-order valence-corrected chi connectivity index (χ4v) is 4.54. The molecule has 2 aromatic rings. The van der Waals surface area contributed by atoms with E-state index in [-0.39, 0.29) is 23.5 Å². The predicted octanol–water partition coefficient (Wildman–Crippen LogP) is 2.36. The summed E-state index contributed by atoms with van der Waals surface area (Å²) in [6.07, 6.45) is 1.78. The number of nitrogens with one attached hydrogen (secondary N) is 1. The molecule has 1 aliphatic rings. The number of hydrogen-bond acceptors (Lipinski definition) is 5. The van der Waals surface area contributed by atoms with Crippen LogP contribution >= 0.6 is 0 Å². The smallest absolute Gasteiger partial charge is 0.255 e. The number of carbonyl (C=O) groups excluding carboxylic acids is 1. The first-order chi connectivity index (χ1) is 12.2. The molecule has 3 rings (SSSR count). The molecule has 0 radical (unpaired) electrons. The molecular formula is C17H17F2N3O3S. The summed E-state index contributed by atoms with van der Waals surface area (Å²) in [5, 5.41) is 2.81.